The van der Waals surface area contributed by atoms with E-state index in [1.165, 1.54) is 0 Å². The molecule has 0 saturated heterocycles. The van der Waals surface area contributed by atoms with Gasteiger partial charge in [0.1, 0.15) is 0 Å². The molecule has 1 aromatic carbocycles. The molecule has 0 amide bonds. The Morgan fingerprint density at radius 3 is 2.31 bits per heavy atom. The predicted molar refractivity (Wildman–Crippen MR) is 55.6 cm³/mol. The molecule has 3 heteroatoms. The van der Waals surface area contributed by atoms with E-state index in [9.17, 15) is 4.79 Å². The fourth-order valence-electron chi connectivity index (χ4n) is 0.983. The Hall–Kier alpha value is -0.530. The van der Waals surface area contributed by atoms with Crippen LogP contribution in [-0.2, 0) is 0 Å². The van der Waals surface area contributed by atoms with E-state index in [2.05, 4.69) is 0 Å². The molecule has 0 heterocycles. The zero-order valence-electron chi connectivity index (χ0n) is 7.47. The van der Waals surface area contributed by atoms with Crippen molar-refractivity contribution in [2.75, 3.05) is 0 Å². The Kier molecular flexibility index (Phi) is 3.34. The molecule has 0 saturated carbocycles. The molecule has 0 aliphatic heterocycles. The number of halogens is 2. The molecule has 0 aliphatic rings. The van der Waals surface area contributed by atoms with Crippen LogP contribution >= 0.6 is 23.2 Å². The molecule has 1 nitrogen and oxygen atoms in total. The van der Waals surface area contributed by atoms with Gasteiger partial charge in [0.05, 0.1) is 10.0 Å². The molecule has 13 heavy (non-hydrogen) atoms. The normalized spacial score (nSPS) is 10.5. The molecule has 0 unspecified atom stereocenters. The van der Waals surface area contributed by atoms with Crippen molar-refractivity contribution in [3.8, 4) is 0 Å². The van der Waals surface area contributed by atoms with Crippen molar-refractivity contribution in [3.05, 3.63) is 33.8 Å². The maximum absolute atomic E-state index is 11.5. The van der Waals surface area contributed by atoms with Gasteiger partial charge in [-0.25, -0.2) is 0 Å². The minimum absolute atomic E-state index is 0.0164. The zero-order chi connectivity index (χ0) is 10.0. The number of ketones is 1. The second-order valence-corrected chi connectivity index (χ2v) is 3.96. The third kappa shape index (κ3) is 2.45. The van der Waals surface area contributed by atoms with Crippen LogP contribution in [0.1, 0.15) is 24.2 Å². The van der Waals surface area contributed by atoms with Crippen LogP contribution in [0.15, 0.2) is 18.2 Å². The number of rotatable bonds is 2. The van der Waals surface area contributed by atoms with Crippen molar-refractivity contribution in [1.29, 1.82) is 0 Å². The van der Waals surface area contributed by atoms with Gasteiger partial charge in [-0.1, -0.05) is 37.0 Å². The number of Topliss-reactive ketones (excluding diaryl/α,β-unsaturated/α-hetero) is 1. The predicted octanol–water partition coefficient (Wildman–Crippen LogP) is 3.83. The number of carbonyl (C=O) groups is 1. The van der Waals surface area contributed by atoms with Gasteiger partial charge in [0.25, 0.3) is 0 Å². The largest absolute Gasteiger partial charge is 0.294 e. The Bertz CT molecular complexity index is 332. The van der Waals surface area contributed by atoms with Crippen molar-refractivity contribution in [3.63, 3.8) is 0 Å². The van der Waals surface area contributed by atoms with E-state index in [-0.39, 0.29) is 11.7 Å². The van der Waals surface area contributed by atoms with Crippen LogP contribution in [0.2, 0.25) is 10.0 Å². The van der Waals surface area contributed by atoms with Gasteiger partial charge in [-0.2, -0.15) is 0 Å². The summed E-state index contributed by atoms with van der Waals surface area (Å²) in [6.07, 6.45) is 0. The lowest BCUT2D eigenvalue weighted by molar-refractivity contribution is 0.0939. The van der Waals surface area contributed by atoms with E-state index in [0.717, 1.165) is 0 Å². The Morgan fingerprint density at radius 1 is 1.23 bits per heavy atom. The molecule has 0 fully saturated rings. The fourth-order valence-corrected chi connectivity index (χ4v) is 1.28. The molecule has 0 atom stereocenters. The minimum atomic E-state index is -0.0164. The van der Waals surface area contributed by atoms with Crippen LogP contribution in [0.4, 0.5) is 0 Å². The first-order valence-electron chi connectivity index (χ1n) is 4.01. The fraction of sp³-hybridized carbons (Fsp3) is 0.300. The van der Waals surface area contributed by atoms with E-state index in [4.69, 9.17) is 23.2 Å². The summed E-state index contributed by atoms with van der Waals surface area (Å²) in [7, 11) is 0. The molecule has 0 bridgehead atoms. The second-order valence-electron chi connectivity index (χ2n) is 3.15. The molecule has 0 spiro atoms. The first kappa shape index (κ1) is 10.6. The average molecular weight is 217 g/mol. The molecule has 1 rings (SSSR count). The Labute approximate surface area is 87.7 Å². The third-order valence-corrected chi connectivity index (χ3v) is 2.47. The van der Waals surface area contributed by atoms with Crippen molar-refractivity contribution >= 4 is 29.0 Å². The SMILES string of the molecule is CC(C)C(=O)c1ccc(Cl)c(Cl)c1. The molecule has 70 valence electrons. The first-order valence-corrected chi connectivity index (χ1v) is 4.77. The summed E-state index contributed by atoms with van der Waals surface area (Å²) in [5.74, 6) is 0.0656. The molecular formula is C10H10Cl2O. The zero-order valence-corrected chi connectivity index (χ0v) is 8.99. The van der Waals surface area contributed by atoms with Gasteiger partial charge in [-0.3, -0.25) is 4.79 Å². The highest BCUT2D eigenvalue weighted by Gasteiger charge is 2.11. The second kappa shape index (κ2) is 4.12. The molecule has 1 aromatic rings. The minimum Gasteiger partial charge on any atom is -0.294 e. The summed E-state index contributed by atoms with van der Waals surface area (Å²) >= 11 is 11.5. The quantitative estimate of drug-likeness (QED) is 0.688. The van der Waals surface area contributed by atoms with E-state index in [0.29, 0.717) is 15.6 Å². The van der Waals surface area contributed by atoms with E-state index in [1.807, 2.05) is 13.8 Å². The number of hydrogen-bond acceptors (Lipinski definition) is 1. The summed E-state index contributed by atoms with van der Waals surface area (Å²) in [4.78, 5) is 11.5. The van der Waals surface area contributed by atoms with Gasteiger partial charge in [-0.05, 0) is 18.2 Å². The van der Waals surface area contributed by atoms with E-state index in [1.54, 1.807) is 18.2 Å². The highest BCUT2D eigenvalue weighted by molar-refractivity contribution is 6.42. The molecule has 0 aromatic heterocycles. The topological polar surface area (TPSA) is 17.1 Å². The molecule has 0 N–H and O–H groups in total. The third-order valence-electron chi connectivity index (χ3n) is 1.73. The van der Waals surface area contributed by atoms with Crippen LogP contribution < -0.4 is 0 Å². The number of carbonyl (C=O) groups excluding carboxylic acids is 1. The van der Waals surface area contributed by atoms with Crippen LogP contribution in [0, 0.1) is 5.92 Å². The molecule has 0 aliphatic carbocycles. The van der Waals surface area contributed by atoms with Crippen LogP contribution in [-0.4, -0.2) is 5.78 Å². The van der Waals surface area contributed by atoms with Gasteiger partial charge < -0.3 is 0 Å². The number of benzene rings is 1. The lowest BCUT2D eigenvalue weighted by atomic mass is 10.0. The van der Waals surface area contributed by atoms with Crippen molar-refractivity contribution in [2.45, 2.75) is 13.8 Å². The van der Waals surface area contributed by atoms with Crippen molar-refractivity contribution < 1.29 is 4.79 Å². The Morgan fingerprint density at radius 2 is 1.85 bits per heavy atom. The molecular weight excluding hydrogens is 207 g/mol. The average Bonchev–Trinajstić information content (AvgIpc) is 2.08. The van der Waals surface area contributed by atoms with Crippen LogP contribution in [0.3, 0.4) is 0 Å². The molecule has 0 radical (unpaired) electrons. The van der Waals surface area contributed by atoms with Gasteiger partial charge in [0.15, 0.2) is 5.78 Å². The van der Waals surface area contributed by atoms with Crippen LogP contribution in [0.25, 0.3) is 0 Å². The summed E-state index contributed by atoms with van der Waals surface area (Å²) < 4.78 is 0. The van der Waals surface area contributed by atoms with Gasteiger partial charge in [-0.15, -0.1) is 0 Å². The van der Waals surface area contributed by atoms with Crippen molar-refractivity contribution in [1.82, 2.24) is 0 Å². The van der Waals surface area contributed by atoms with Gasteiger partial charge in [0, 0.05) is 11.5 Å². The van der Waals surface area contributed by atoms with E-state index >= 15 is 0 Å². The highest BCUT2D eigenvalue weighted by Crippen LogP contribution is 2.23. The monoisotopic (exact) mass is 216 g/mol. The summed E-state index contributed by atoms with van der Waals surface area (Å²) in [5.41, 5.74) is 0.615. The number of hydrogen-bond donors (Lipinski definition) is 0. The van der Waals surface area contributed by atoms with Crippen LogP contribution in [0.5, 0.6) is 0 Å². The summed E-state index contributed by atoms with van der Waals surface area (Å²) in [6, 6.07) is 4.93. The van der Waals surface area contributed by atoms with Gasteiger partial charge >= 0.3 is 0 Å². The maximum Gasteiger partial charge on any atom is 0.165 e. The van der Waals surface area contributed by atoms with Crippen molar-refractivity contribution in [2.24, 2.45) is 5.92 Å². The smallest absolute Gasteiger partial charge is 0.165 e. The summed E-state index contributed by atoms with van der Waals surface area (Å²) in [5, 5.41) is 0.898. The summed E-state index contributed by atoms with van der Waals surface area (Å²) in [6.45, 7) is 3.70. The lowest BCUT2D eigenvalue weighted by Gasteiger charge is -2.04. The van der Waals surface area contributed by atoms with Gasteiger partial charge in [0.2, 0.25) is 0 Å². The standard InChI is InChI=1S/C10H10Cl2O/c1-6(2)10(13)7-3-4-8(11)9(12)5-7/h3-6H,1-2H3. The van der Waals surface area contributed by atoms with E-state index < -0.39 is 0 Å². The first-order chi connectivity index (χ1) is 6.02. The highest BCUT2D eigenvalue weighted by atomic mass is 35.5. The Balaban J connectivity index is 3.04. The maximum atomic E-state index is 11.5. The lowest BCUT2D eigenvalue weighted by Crippen LogP contribution is -2.06.